The molecule has 0 aliphatic carbocycles. The molecule has 0 spiro atoms. The molecule has 4 heteroatoms. The van der Waals surface area contributed by atoms with Crippen LogP contribution < -0.4 is 16.2 Å². The minimum Gasteiger partial charge on any atom is -0.339 e. The molecular weight excluding hydrogens is 214 g/mol. The zero-order chi connectivity index (χ0) is 12.1. The van der Waals surface area contributed by atoms with E-state index in [1.54, 1.807) is 0 Å². The smallest absolute Gasteiger partial charge is 0.221 e. The summed E-state index contributed by atoms with van der Waals surface area (Å²) in [7, 11) is 0. The molecule has 4 nitrogen and oxygen atoms in total. The van der Waals surface area contributed by atoms with Gasteiger partial charge in [0.2, 0.25) is 5.91 Å². The van der Waals surface area contributed by atoms with Crippen LogP contribution in [0.25, 0.3) is 0 Å². The first-order chi connectivity index (χ1) is 8.24. The van der Waals surface area contributed by atoms with Crippen LogP contribution in [0.15, 0.2) is 30.3 Å². The molecule has 0 bridgehead atoms. The Bertz CT molecular complexity index is 366. The predicted octanol–water partition coefficient (Wildman–Crippen LogP) is 0.948. The van der Waals surface area contributed by atoms with Gasteiger partial charge in [0.15, 0.2) is 0 Å². The van der Waals surface area contributed by atoms with Gasteiger partial charge in [-0.25, -0.2) is 5.43 Å². The van der Waals surface area contributed by atoms with Gasteiger partial charge in [0.25, 0.3) is 0 Å². The molecule has 0 radical (unpaired) electrons. The summed E-state index contributed by atoms with van der Waals surface area (Å²) in [6, 6.07) is 10.5. The number of benzene rings is 1. The largest absolute Gasteiger partial charge is 0.339 e. The van der Waals surface area contributed by atoms with Crippen LogP contribution in [-0.4, -0.2) is 18.1 Å². The number of amides is 1. The lowest BCUT2D eigenvalue weighted by Gasteiger charge is -2.11. The van der Waals surface area contributed by atoms with Crippen LogP contribution in [0.3, 0.4) is 0 Å². The average Bonchev–Trinajstić information content (AvgIpc) is 2.73. The Morgan fingerprint density at radius 3 is 2.76 bits per heavy atom. The van der Waals surface area contributed by atoms with Gasteiger partial charge in [-0.15, -0.1) is 0 Å². The molecule has 0 aromatic heterocycles. The first-order valence-electron chi connectivity index (χ1n) is 6.08. The SMILES string of the molecule is CC1CC(NC(=O)CCc2ccccc2)NN1. The lowest BCUT2D eigenvalue weighted by molar-refractivity contribution is -0.121. The Morgan fingerprint density at radius 2 is 2.12 bits per heavy atom. The van der Waals surface area contributed by atoms with Gasteiger partial charge in [0, 0.05) is 12.5 Å². The third-order valence-corrected chi connectivity index (χ3v) is 2.91. The standard InChI is InChI=1S/C13H19N3O/c1-10-9-12(16-15-10)14-13(17)8-7-11-5-3-2-4-6-11/h2-6,10,12,15-16H,7-9H2,1H3,(H,14,17). The Hall–Kier alpha value is -1.39. The Morgan fingerprint density at radius 1 is 1.35 bits per heavy atom. The normalized spacial score (nSPS) is 23.6. The number of nitrogens with one attached hydrogen (secondary N) is 3. The van der Waals surface area contributed by atoms with Crippen molar-refractivity contribution in [3.8, 4) is 0 Å². The Balaban J connectivity index is 1.71. The van der Waals surface area contributed by atoms with Gasteiger partial charge >= 0.3 is 0 Å². The molecule has 1 heterocycles. The topological polar surface area (TPSA) is 53.2 Å². The summed E-state index contributed by atoms with van der Waals surface area (Å²) in [5.41, 5.74) is 7.34. The second-order valence-electron chi connectivity index (χ2n) is 4.53. The second kappa shape index (κ2) is 5.80. The third-order valence-electron chi connectivity index (χ3n) is 2.91. The van der Waals surface area contributed by atoms with Gasteiger partial charge in [-0.2, -0.15) is 0 Å². The number of rotatable bonds is 4. The van der Waals surface area contributed by atoms with Crippen LogP contribution in [0.2, 0.25) is 0 Å². The van der Waals surface area contributed by atoms with Crippen molar-refractivity contribution in [3.63, 3.8) is 0 Å². The Labute approximate surface area is 102 Å². The number of hydrogen-bond donors (Lipinski definition) is 3. The first-order valence-corrected chi connectivity index (χ1v) is 6.08. The second-order valence-corrected chi connectivity index (χ2v) is 4.53. The predicted molar refractivity (Wildman–Crippen MR) is 67.0 cm³/mol. The molecule has 17 heavy (non-hydrogen) atoms. The molecule has 1 fully saturated rings. The van der Waals surface area contributed by atoms with Gasteiger partial charge in [-0.1, -0.05) is 30.3 Å². The summed E-state index contributed by atoms with van der Waals surface area (Å²) in [6.07, 6.45) is 2.32. The van der Waals surface area contributed by atoms with Crippen LogP contribution in [0.4, 0.5) is 0 Å². The molecular formula is C13H19N3O. The summed E-state index contributed by atoms with van der Waals surface area (Å²) in [6.45, 7) is 2.09. The zero-order valence-corrected chi connectivity index (χ0v) is 10.1. The lowest BCUT2D eigenvalue weighted by atomic mass is 10.1. The molecule has 1 aromatic carbocycles. The van der Waals surface area contributed by atoms with Crippen LogP contribution in [0, 0.1) is 0 Å². The molecule has 0 saturated carbocycles. The molecule has 1 aromatic rings. The van der Waals surface area contributed by atoms with Crippen molar-refractivity contribution in [2.45, 2.75) is 38.4 Å². The fraction of sp³-hybridized carbons (Fsp3) is 0.462. The molecule has 1 saturated heterocycles. The average molecular weight is 233 g/mol. The van der Waals surface area contributed by atoms with Gasteiger partial charge in [-0.05, 0) is 25.3 Å². The van der Waals surface area contributed by atoms with Crippen LogP contribution in [0.5, 0.6) is 0 Å². The number of hydrogen-bond acceptors (Lipinski definition) is 3. The van der Waals surface area contributed by atoms with E-state index >= 15 is 0 Å². The van der Waals surface area contributed by atoms with Gasteiger partial charge in [-0.3, -0.25) is 10.2 Å². The fourth-order valence-corrected chi connectivity index (χ4v) is 1.98. The molecule has 1 aliphatic heterocycles. The van der Waals surface area contributed by atoms with E-state index in [0.717, 1.165) is 12.8 Å². The zero-order valence-electron chi connectivity index (χ0n) is 10.1. The maximum Gasteiger partial charge on any atom is 0.221 e. The summed E-state index contributed by atoms with van der Waals surface area (Å²) in [5, 5.41) is 2.97. The highest BCUT2D eigenvalue weighted by atomic mass is 16.1. The molecule has 92 valence electrons. The third kappa shape index (κ3) is 3.84. The van der Waals surface area contributed by atoms with Gasteiger partial charge < -0.3 is 5.32 Å². The van der Waals surface area contributed by atoms with Crippen molar-refractivity contribution in [1.29, 1.82) is 0 Å². The number of aryl methyl sites for hydroxylation is 1. The molecule has 3 N–H and O–H groups in total. The molecule has 2 atom stereocenters. The van der Waals surface area contributed by atoms with Gasteiger partial charge in [0.05, 0.1) is 6.17 Å². The maximum absolute atomic E-state index is 11.7. The van der Waals surface area contributed by atoms with E-state index in [4.69, 9.17) is 0 Å². The van der Waals surface area contributed by atoms with Crippen LogP contribution in [-0.2, 0) is 11.2 Å². The monoisotopic (exact) mass is 233 g/mol. The Kier molecular flexibility index (Phi) is 4.12. The van der Waals surface area contributed by atoms with Crippen molar-refractivity contribution in [3.05, 3.63) is 35.9 Å². The highest BCUT2D eigenvalue weighted by Crippen LogP contribution is 2.04. The quantitative estimate of drug-likeness (QED) is 0.725. The fourth-order valence-electron chi connectivity index (χ4n) is 1.98. The summed E-state index contributed by atoms with van der Waals surface area (Å²) >= 11 is 0. The molecule has 1 aliphatic rings. The summed E-state index contributed by atoms with van der Waals surface area (Å²) in [4.78, 5) is 11.7. The van der Waals surface area contributed by atoms with Gasteiger partial charge in [0.1, 0.15) is 0 Å². The molecule has 2 unspecified atom stereocenters. The van der Waals surface area contributed by atoms with Crippen LogP contribution >= 0.6 is 0 Å². The van der Waals surface area contributed by atoms with E-state index in [0.29, 0.717) is 12.5 Å². The minimum atomic E-state index is 0.0632. The van der Waals surface area contributed by atoms with Crippen LogP contribution in [0.1, 0.15) is 25.3 Å². The van der Waals surface area contributed by atoms with E-state index in [1.165, 1.54) is 5.56 Å². The highest BCUT2D eigenvalue weighted by molar-refractivity contribution is 5.76. The number of carbonyl (C=O) groups is 1. The van der Waals surface area contributed by atoms with E-state index in [9.17, 15) is 4.79 Å². The number of carbonyl (C=O) groups excluding carboxylic acids is 1. The summed E-state index contributed by atoms with van der Waals surface area (Å²) < 4.78 is 0. The lowest BCUT2D eigenvalue weighted by Crippen LogP contribution is -2.44. The van der Waals surface area contributed by atoms with Crippen molar-refractivity contribution in [2.24, 2.45) is 0 Å². The number of hydrazine groups is 1. The minimum absolute atomic E-state index is 0.0632. The molecule has 2 rings (SSSR count). The van der Waals surface area contributed by atoms with E-state index < -0.39 is 0 Å². The highest BCUT2D eigenvalue weighted by Gasteiger charge is 2.20. The van der Waals surface area contributed by atoms with E-state index in [-0.39, 0.29) is 12.1 Å². The van der Waals surface area contributed by atoms with Crippen molar-refractivity contribution in [1.82, 2.24) is 16.2 Å². The first kappa shape index (κ1) is 12.1. The summed E-state index contributed by atoms with van der Waals surface area (Å²) in [5.74, 6) is 0.0993. The molecule has 1 amide bonds. The van der Waals surface area contributed by atoms with Crippen molar-refractivity contribution < 1.29 is 4.79 Å². The van der Waals surface area contributed by atoms with Crippen molar-refractivity contribution >= 4 is 5.91 Å². The van der Waals surface area contributed by atoms with Crippen molar-refractivity contribution in [2.75, 3.05) is 0 Å². The van der Waals surface area contributed by atoms with E-state index in [2.05, 4.69) is 23.1 Å². The van der Waals surface area contributed by atoms with E-state index in [1.807, 2.05) is 30.3 Å². The maximum atomic E-state index is 11.7.